The van der Waals surface area contributed by atoms with Crippen molar-refractivity contribution >= 4 is 17.9 Å². The standard InChI is InChI=1S/C73H122O6/c1-4-7-10-13-16-19-22-25-28-30-31-32-33-34-35-36-37-38-39-40-41-43-45-48-51-54-57-60-63-66-72(75)78-69-70(68-77-71(74)65-62-59-56-53-50-47-44-27-24-21-18-15-12-9-6-3)79-73(76)67-64-61-58-55-52-49-46-42-29-26-23-20-17-14-11-8-5-2/h7,9-10,12,16,18-19,21,25-29,31-32,34-35,37-38,44,70H,4-6,8,11,13-15,17,20,22-24,30,33,36,39-43,45-69H2,1-3H3/b10-7-,12-9-,19-16-,21-18-,28-25-,29-26-,32-31-,35-34-,38-37-,44-27-. The molecule has 6 heteroatoms. The van der Waals surface area contributed by atoms with Crippen molar-refractivity contribution in [2.45, 2.75) is 309 Å². The lowest BCUT2D eigenvalue weighted by Gasteiger charge is -2.18. The van der Waals surface area contributed by atoms with Crippen LogP contribution >= 0.6 is 0 Å². The van der Waals surface area contributed by atoms with E-state index in [1.165, 1.54) is 128 Å². The molecule has 0 aliphatic rings. The molecule has 0 N–H and O–H groups in total. The number of hydrogen-bond donors (Lipinski definition) is 0. The fourth-order valence-corrected chi connectivity index (χ4v) is 9.04. The van der Waals surface area contributed by atoms with Crippen LogP contribution in [0, 0.1) is 0 Å². The van der Waals surface area contributed by atoms with E-state index in [2.05, 4.69) is 142 Å². The van der Waals surface area contributed by atoms with E-state index in [4.69, 9.17) is 14.2 Å². The molecule has 0 fully saturated rings. The van der Waals surface area contributed by atoms with Gasteiger partial charge in [-0.25, -0.2) is 0 Å². The number of carbonyl (C=O) groups excluding carboxylic acids is 3. The third-order valence-corrected chi connectivity index (χ3v) is 13.9. The van der Waals surface area contributed by atoms with Crippen molar-refractivity contribution in [2.24, 2.45) is 0 Å². The summed E-state index contributed by atoms with van der Waals surface area (Å²) in [5.41, 5.74) is 0. The number of carbonyl (C=O) groups is 3. The molecule has 0 radical (unpaired) electrons. The Bertz CT molecular complexity index is 1640. The van der Waals surface area contributed by atoms with Crippen molar-refractivity contribution in [3.63, 3.8) is 0 Å². The van der Waals surface area contributed by atoms with Crippen LogP contribution < -0.4 is 0 Å². The Labute approximate surface area is 488 Å². The maximum Gasteiger partial charge on any atom is 0.306 e. The molecule has 0 heterocycles. The van der Waals surface area contributed by atoms with E-state index >= 15 is 0 Å². The van der Waals surface area contributed by atoms with Gasteiger partial charge in [0.25, 0.3) is 0 Å². The predicted molar refractivity (Wildman–Crippen MR) is 343 cm³/mol. The van der Waals surface area contributed by atoms with Crippen LogP contribution in [-0.2, 0) is 28.6 Å². The summed E-state index contributed by atoms with van der Waals surface area (Å²) in [5.74, 6) is -0.908. The van der Waals surface area contributed by atoms with Gasteiger partial charge >= 0.3 is 17.9 Å². The molecule has 0 aromatic heterocycles. The second kappa shape index (κ2) is 66.3. The van der Waals surface area contributed by atoms with Crippen LogP contribution in [0.3, 0.4) is 0 Å². The molecule has 1 atom stereocenters. The van der Waals surface area contributed by atoms with Crippen LogP contribution in [0.25, 0.3) is 0 Å². The average molecular weight is 1100 g/mol. The molecule has 0 amide bonds. The Hall–Kier alpha value is -4.19. The lowest BCUT2D eigenvalue weighted by molar-refractivity contribution is -0.167. The Morgan fingerprint density at radius 1 is 0.266 bits per heavy atom. The lowest BCUT2D eigenvalue weighted by Crippen LogP contribution is -2.30. The van der Waals surface area contributed by atoms with Crippen molar-refractivity contribution in [1.29, 1.82) is 0 Å². The van der Waals surface area contributed by atoms with Gasteiger partial charge in [0.1, 0.15) is 13.2 Å². The van der Waals surface area contributed by atoms with E-state index in [0.717, 1.165) is 135 Å². The number of unbranched alkanes of at least 4 members (excludes halogenated alkanes) is 28. The number of allylic oxidation sites excluding steroid dienone is 20. The van der Waals surface area contributed by atoms with Crippen LogP contribution in [0.1, 0.15) is 303 Å². The van der Waals surface area contributed by atoms with Crippen LogP contribution in [0.2, 0.25) is 0 Å². The van der Waals surface area contributed by atoms with Crippen molar-refractivity contribution in [2.75, 3.05) is 13.2 Å². The smallest absolute Gasteiger partial charge is 0.306 e. The molecule has 6 nitrogen and oxygen atoms in total. The number of ether oxygens (including phenoxy) is 3. The van der Waals surface area contributed by atoms with Gasteiger partial charge in [-0.15, -0.1) is 0 Å². The molecular formula is C73H122O6. The summed E-state index contributed by atoms with van der Waals surface area (Å²) >= 11 is 0. The Morgan fingerprint density at radius 3 is 0.785 bits per heavy atom. The zero-order chi connectivity index (χ0) is 57.1. The maximum absolute atomic E-state index is 12.9. The molecule has 0 saturated heterocycles. The normalized spacial score (nSPS) is 12.9. The van der Waals surface area contributed by atoms with Gasteiger partial charge in [-0.1, -0.05) is 277 Å². The topological polar surface area (TPSA) is 78.9 Å². The Kier molecular flexibility index (Phi) is 62.8. The summed E-state index contributed by atoms with van der Waals surface area (Å²) in [5, 5.41) is 0. The first-order valence-corrected chi connectivity index (χ1v) is 33.0. The van der Waals surface area contributed by atoms with Crippen molar-refractivity contribution in [3.05, 3.63) is 122 Å². The molecule has 0 saturated carbocycles. The Balaban J connectivity index is 4.33. The van der Waals surface area contributed by atoms with Gasteiger partial charge in [0.2, 0.25) is 0 Å². The quantitative estimate of drug-likeness (QED) is 0.0261. The van der Waals surface area contributed by atoms with E-state index in [1.54, 1.807) is 0 Å². The minimum Gasteiger partial charge on any atom is -0.462 e. The first-order valence-electron chi connectivity index (χ1n) is 33.0. The summed E-state index contributed by atoms with van der Waals surface area (Å²) in [4.78, 5) is 38.4. The van der Waals surface area contributed by atoms with Gasteiger partial charge in [0.05, 0.1) is 0 Å². The SMILES string of the molecule is CC/C=C\C/C=C\C/C=C\C/C=C\C/C=C\C/C=C\CCCCCCCCCCCCC(=O)OCC(COC(=O)CCCCCCC/C=C\C/C=C\C/C=C\CC)OC(=O)CCCCCCCCC/C=C\CCCCCCCC. The van der Waals surface area contributed by atoms with Crippen LogP contribution in [-0.4, -0.2) is 37.2 Å². The highest BCUT2D eigenvalue weighted by atomic mass is 16.6. The highest BCUT2D eigenvalue weighted by molar-refractivity contribution is 5.71. The summed E-state index contributed by atoms with van der Waals surface area (Å²) in [6, 6.07) is 0. The fraction of sp³-hybridized carbons (Fsp3) is 0.685. The molecular weight excluding hydrogens is 973 g/mol. The fourth-order valence-electron chi connectivity index (χ4n) is 9.04. The van der Waals surface area contributed by atoms with Gasteiger partial charge in [0.15, 0.2) is 6.10 Å². The molecule has 450 valence electrons. The summed E-state index contributed by atoms with van der Waals surface area (Å²) in [6.45, 7) is 6.41. The lowest BCUT2D eigenvalue weighted by atomic mass is 10.1. The van der Waals surface area contributed by atoms with Gasteiger partial charge in [-0.05, 0) is 128 Å². The molecule has 1 unspecified atom stereocenters. The van der Waals surface area contributed by atoms with E-state index in [-0.39, 0.29) is 31.1 Å². The minimum atomic E-state index is -0.793. The predicted octanol–water partition coefficient (Wildman–Crippen LogP) is 22.8. The summed E-state index contributed by atoms with van der Waals surface area (Å²) in [6.07, 6.45) is 92.1. The van der Waals surface area contributed by atoms with Gasteiger partial charge in [-0.3, -0.25) is 14.4 Å². The number of esters is 3. The van der Waals surface area contributed by atoms with Gasteiger partial charge in [-0.2, -0.15) is 0 Å². The Morgan fingerprint density at radius 2 is 0.494 bits per heavy atom. The van der Waals surface area contributed by atoms with Crippen molar-refractivity contribution in [3.8, 4) is 0 Å². The highest BCUT2D eigenvalue weighted by Gasteiger charge is 2.19. The van der Waals surface area contributed by atoms with E-state index in [0.29, 0.717) is 19.3 Å². The second-order valence-corrected chi connectivity index (χ2v) is 21.6. The van der Waals surface area contributed by atoms with Crippen LogP contribution in [0.5, 0.6) is 0 Å². The monoisotopic (exact) mass is 1090 g/mol. The minimum absolute atomic E-state index is 0.0888. The van der Waals surface area contributed by atoms with Crippen LogP contribution in [0.4, 0.5) is 0 Å². The van der Waals surface area contributed by atoms with E-state index < -0.39 is 6.10 Å². The summed E-state index contributed by atoms with van der Waals surface area (Å²) in [7, 11) is 0. The molecule has 0 aromatic carbocycles. The van der Waals surface area contributed by atoms with Crippen molar-refractivity contribution in [1.82, 2.24) is 0 Å². The molecule has 79 heavy (non-hydrogen) atoms. The molecule has 0 bridgehead atoms. The first-order chi connectivity index (χ1) is 39.0. The van der Waals surface area contributed by atoms with E-state index in [9.17, 15) is 14.4 Å². The van der Waals surface area contributed by atoms with Crippen molar-refractivity contribution < 1.29 is 28.6 Å². The molecule has 0 spiro atoms. The third kappa shape index (κ3) is 64.5. The molecule has 0 aliphatic heterocycles. The maximum atomic E-state index is 12.9. The second-order valence-electron chi connectivity index (χ2n) is 21.6. The zero-order valence-electron chi connectivity index (χ0n) is 51.6. The molecule has 0 rings (SSSR count). The first kappa shape index (κ1) is 74.8. The van der Waals surface area contributed by atoms with Gasteiger partial charge in [0, 0.05) is 19.3 Å². The third-order valence-electron chi connectivity index (χ3n) is 13.9. The zero-order valence-corrected chi connectivity index (χ0v) is 51.6. The van der Waals surface area contributed by atoms with Gasteiger partial charge < -0.3 is 14.2 Å². The van der Waals surface area contributed by atoms with Crippen LogP contribution in [0.15, 0.2) is 122 Å². The number of rotatable bonds is 59. The average Bonchev–Trinajstić information content (AvgIpc) is 3.45. The molecule has 0 aromatic rings. The largest absolute Gasteiger partial charge is 0.462 e. The highest BCUT2D eigenvalue weighted by Crippen LogP contribution is 2.16. The summed E-state index contributed by atoms with van der Waals surface area (Å²) < 4.78 is 16.9. The molecule has 0 aliphatic carbocycles. The van der Waals surface area contributed by atoms with E-state index in [1.807, 2.05) is 0 Å². The number of hydrogen-bond acceptors (Lipinski definition) is 6.